The van der Waals surface area contributed by atoms with Crippen LogP contribution in [0.5, 0.6) is 0 Å². The SMILES string of the molecule is Cc1c(Cl)cccc1N(CC(=O)Nc1ccccc1C(=O)NC1CCCCC1)S(C)(=O)=O. The van der Waals surface area contributed by atoms with Gasteiger partial charge in [-0.25, -0.2) is 8.42 Å². The van der Waals surface area contributed by atoms with Crippen molar-refractivity contribution in [1.82, 2.24) is 5.32 Å². The van der Waals surface area contributed by atoms with Crippen molar-refractivity contribution in [2.45, 2.75) is 45.1 Å². The van der Waals surface area contributed by atoms with Crippen molar-refractivity contribution in [3.05, 3.63) is 58.6 Å². The first kappa shape index (κ1) is 24.1. The van der Waals surface area contributed by atoms with Crippen LogP contribution < -0.4 is 14.9 Å². The maximum Gasteiger partial charge on any atom is 0.253 e. The van der Waals surface area contributed by atoms with Gasteiger partial charge in [0.15, 0.2) is 0 Å². The van der Waals surface area contributed by atoms with Crippen molar-refractivity contribution >= 4 is 44.8 Å². The summed E-state index contributed by atoms with van der Waals surface area (Å²) in [6.07, 6.45) is 6.29. The average Bonchev–Trinajstić information content (AvgIpc) is 2.74. The van der Waals surface area contributed by atoms with Gasteiger partial charge in [0, 0.05) is 11.1 Å². The lowest BCUT2D eigenvalue weighted by Gasteiger charge is -2.25. The van der Waals surface area contributed by atoms with Gasteiger partial charge in [0.05, 0.1) is 23.2 Å². The van der Waals surface area contributed by atoms with E-state index in [-0.39, 0.29) is 11.9 Å². The Morgan fingerprint density at radius 2 is 1.75 bits per heavy atom. The minimum atomic E-state index is -3.76. The number of amides is 2. The molecule has 0 bridgehead atoms. The highest BCUT2D eigenvalue weighted by Crippen LogP contribution is 2.28. The van der Waals surface area contributed by atoms with E-state index in [2.05, 4.69) is 10.6 Å². The number of benzene rings is 2. The Bertz CT molecular complexity index is 1100. The topological polar surface area (TPSA) is 95.6 Å². The molecule has 32 heavy (non-hydrogen) atoms. The third-order valence-electron chi connectivity index (χ3n) is 5.58. The van der Waals surface area contributed by atoms with Crippen LogP contribution in [0, 0.1) is 6.92 Å². The maximum atomic E-state index is 12.8. The van der Waals surface area contributed by atoms with Crippen molar-refractivity contribution < 1.29 is 18.0 Å². The Kier molecular flexibility index (Phi) is 7.79. The standard InChI is InChI=1S/C23H28ClN3O4S/c1-16-19(24)12-8-14-21(16)27(32(2,30)31)15-22(28)26-20-13-7-6-11-18(20)23(29)25-17-9-4-3-5-10-17/h6-8,11-14,17H,3-5,9-10,15H2,1-2H3,(H,25,29)(H,26,28). The molecule has 1 fully saturated rings. The molecule has 0 spiro atoms. The monoisotopic (exact) mass is 477 g/mol. The third-order valence-corrected chi connectivity index (χ3v) is 7.12. The highest BCUT2D eigenvalue weighted by molar-refractivity contribution is 7.92. The van der Waals surface area contributed by atoms with Crippen molar-refractivity contribution in [2.24, 2.45) is 0 Å². The number of carbonyl (C=O) groups excluding carboxylic acids is 2. The lowest BCUT2D eigenvalue weighted by molar-refractivity contribution is -0.114. The molecule has 0 radical (unpaired) electrons. The summed E-state index contributed by atoms with van der Waals surface area (Å²) in [4.78, 5) is 25.6. The van der Waals surface area contributed by atoms with E-state index in [1.54, 1.807) is 49.4 Å². The van der Waals surface area contributed by atoms with Crippen LogP contribution in [0.15, 0.2) is 42.5 Å². The number of anilines is 2. The summed E-state index contributed by atoms with van der Waals surface area (Å²) in [6.45, 7) is 1.25. The number of sulfonamides is 1. The minimum absolute atomic E-state index is 0.131. The van der Waals surface area contributed by atoms with Crippen LogP contribution in [-0.4, -0.2) is 39.1 Å². The second-order valence-electron chi connectivity index (χ2n) is 8.06. The second kappa shape index (κ2) is 10.4. The van der Waals surface area contributed by atoms with E-state index in [9.17, 15) is 18.0 Å². The first-order chi connectivity index (χ1) is 15.2. The van der Waals surface area contributed by atoms with E-state index in [1.165, 1.54) is 6.42 Å². The van der Waals surface area contributed by atoms with Crippen molar-refractivity contribution in [3.63, 3.8) is 0 Å². The van der Waals surface area contributed by atoms with Gasteiger partial charge in [-0.3, -0.25) is 13.9 Å². The van der Waals surface area contributed by atoms with Gasteiger partial charge in [0.1, 0.15) is 6.54 Å². The number of para-hydroxylation sites is 1. The van der Waals surface area contributed by atoms with Crippen LogP contribution in [0.25, 0.3) is 0 Å². The Morgan fingerprint density at radius 1 is 1.06 bits per heavy atom. The number of nitrogens with one attached hydrogen (secondary N) is 2. The Morgan fingerprint density at radius 3 is 2.44 bits per heavy atom. The molecule has 2 N–H and O–H groups in total. The average molecular weight is 478 g/mol. The molecule has 0 aromatic heterocycles. The van der Waals surface area contributed by atoms with Crippen molar-refractivity contribution in [2.75, 3.05) is 22.4 Å². The van der Waals surface area contributed by atoms with Gasteiger partial charge in [-0.15, -0.1) is 0 Å². The largest absolute Gasteiger partial charge is 0.349 e. The first-order valence-electron chi connectivity index (χ1n) is 10.6. The molecule has 0 atom stereocenters. The highest BCUT2D eigenvalue weighted by Gasteiger charge is 2.24. The normalized spacial score (nSPS) is 14.6. The molecule has 0 aliphatic heterocycles. The van der Waals surface area contributed by atoms with Gasteiger partial charge < -0.3 is 10.6 Å². The number of hydrogen-bond donors (Lipinski definition) is 2. The summed E-state index contributed by atoms with van der Waals surface area (Å²) in [7, 11) is -3.76. The van der Waals surface area contributed by atoms with E-state index in [4.69, 9.17) is 11.6 Å². The number of hydrogen-bond acceptors (Lipinski definition) is 4. The summed E-state index contributed by atoms with van der Waals surface area (Å²) in [5.41, 5.74) is 1.57. The lowest BCUT2D eigenvalue weighted by Crippen LogP contribution is -2.39. The number of rotatable bonds is 7. The Balaban J connectivity index is 1.77. The van der Waals surface area contributed by atoms with E-state index < -0.39 is 22.5 Å². The predicted octanol–water partition coefficient (Wildman–Crippen LogP) is 4.12. The number of carbonyl (C=O) groups is 2. The van der Waals surface area contributed by atoms with Gasteiger partial charge in [-0.2, -0.15) is 0 Å². The first-order valence-corrected chi connectivity index (χ1v) is 12.8. The van der Waals surface area contributed by atoms with Crippen molar-refractivity contribution in [1.29, 1.82) is 0 Å². The fraction of sp³-hybridized carbons (Fsp3) is 0.391. The summed E-state index contributed by atoms with van der Waals surface area (Å²) in [5.74, 6) is -0.814. The molecule has 0 heterocycles. The fourth-order valence-corrected chi connectivity index (χ4v) is 4.94. The lowest BCUT2D eigenvalue weighted by atomic mass is 9.95. The summed E-state index contributed by atoms with van der Waals surface area (Å²) in [5, 5.41) is 6.14. The van der Waals surface area contributed by atoms with E-state index in [0.717, 1.165) is 36.2 Å². The van der Waals surface area contributed by atoms with Crippen molar-refractivity contribution in [3.8, 4) is 0 Å². The van der Waals surface area contributed by atoms with Gasteiger partial charge in [-0.05, 0) is 49.6 Å². The zero-order valence-electron chi connectivity index (χ0n) is 18.2. The minimum Gasteiger partial charge on any atom is -0.349 e. The number of nitrogens with zero attached hydrogens (tertiary/aromatic N) is 1. The molecule has 2 aromatic carbocycles. The fourth-order valence-electron chi connectivity index (χ4n) is 3.87. The zero-order valence-corrected chi connectivity index (χ0v) is 19.8. The maximum absolute atomic E-state index is 12.8. The van der Waals surface area contributed by atoms with Gasteiger partial charge in [0.25, 0.3) is 5.91 Å². The van der Waals surface area contributed by atoms with Crippen LogP contribution in [0.3, 0.4) is 0 Å². The van der Waals surface area contributed by atoms with Crippen LogP contribution in [-0.2, 0) is 14.8 Å². The molecule has 2 amide bonds. The van der Waals surface area contributed by atoms with Crippen LogP contribution >= 0.6 is 11.6 Å². The van der Waals surface area contributed by atoms with Gasteiger partial charge in [0.2, 0.25) is 15.9 Å². The van der Waals surface area contributed by atoms with E-state index >= 15 is 0 Å². The van der Waals surface area contributed by atoms with Crippen LogP contribution in [0.4, 0.5) is 11.4 Å². The van der Waals surface area contributed by atoms with Crippen LogP contribution in [0.2, 0.25) is 5.02 Å². The smallest absolute Gasteiger partial charge is 0.253 e. The molecule has 7 nitrogen and oxygen atoms in total. The molecular formula is C23H28ClN3O4S. The molecule has 0 unspecified atom stereocenters. The summed E-state index contributed by atoms with van der Waals surface area (Å²) < 4.78 is 25.8. The molecule has 2 aromatic rings. The molecule has 9 heteroatoms. The molecule has 1 aliphatic carbocycles. The third kappa shape index (κ3) is 6.01. The molecular weight excluding hydrogens is 450 g/mol. The van der Waals surface area contributed by atoms with Crippen LogP contribution in [0.1, 0.15) is 48.0 Å². The molecule has 1 aliphatic rings. The van der Waals surface area contributed by atoms with Gasteiger partial charge >= 0.3 is 0 Å². The van der Waals surface area contributed by atoms with E-state index in [0.29, 0.717) is 27.5 Å². The predicted molar refractivity (Wildman–Crippen MR) is 128 cm³/mol. The second-order valence-corrected chi connectivity index (χ2v) is 10.4. The summed E-state index contributed by atoms with van der Waals surface area (Å²) >= 11 is 6.14. The van der Waals surface area contributed by atoms with Gasteiger partial charge in [-0.1, -0.05) is 49.1 Å². The summed E-state index contributed by atoms with van der Waals surface area (Å²) in [6, 6.07) is 11.7. The molecule has 3 rings (SSSR count). The quantitative estimate of drug-likeness (QED) is 0.627. The van der Waals surface area contributed by atoms with E-state index in [1.807, 2.05) is 0 Å². The Labute approximate surface area is 194 Å². The molecule has 0 saturated heterocycles. The molecule has 1 saturated carbocycles. The zero-order chi connectivity index (χ0) is 23.3. The highest BCUT2D eigenvalue weighted by atomic mass is 35.5. The Hall–Kier alpha value is -2.58. The number of halogens is 1. The molecule has 172 valence electrons.